The number of hydrogen-bond donors (Lipinski definition) is 2. The third kappa shape index (κ3) is 5.00. The average Bonchev–Trinajstić information content (AvgIpc) is 2.62. The van der Waals surface area contributed by atoms with E-state index < -0.39 is 11.9 Å². The lowest BCUT2D eigenvalue weighted by Crippen LogP contribution is -2.45. The number of halogens is 2. The van der Waals surface area contributed by atoms with Crippen LogP contribution in [0.1, 0.15) is 62.4 Å². The SMILES string of the molecule is CN1CCN(c2ccc(C(=O)O)c(NC3CCC(F)(F)CC3)c2C(C)(C)C)CC1. The van der Waals surface area contributed by atoms with Crippen LogP contribution in [0.25, 0.3) is 0 Å². The molecule has 0 bridgehead atoms. The molecule has 29 heavy (non-hydrogen) atoms. The van der Waals surface area contributed by atoms with Gasteiger partial charge in [0.25, 0.3) is 0 Å². The van der Waals surface area contributed by atoms with Crippen molar-refractivity contribution in [3.8, 4) is 0 Å². The highest BCUT2D eigenvalue weighted by atomic mass is 19.3. The second kappa shape index (κ2) is 8.09. The molecule has 1 aliphatic heterocycles. The highest BCUT2D eigenvalue weighted by Crippen LogP contribution is 2.42. The standard InChI is InChI=1S/C22H33F2N3O2/c1-21(2,3)18-17(27-13-11-26(4)12-14-27)6-5-16(20(28)29)19(18)25-15-7-9-22(23,24)10-8-15/h5-6,15,25H,7-14H2,1-4H3,(H,28,29). The fourth-order valence-electron chi connectivity index (χ4n) is 4.38. The molecule has 3 rings (SSSR count). The summed E-state index contributed by atoms with van der Waals surface area (Å²) in [5, 5.41) is 13.2. The number of piperazine rings is 1. The lowest BCUT2D eigenvalue weighted by Gasteiger charge is -2.39. The maximum Gasteiger partial charge on any atom is 0.337 e. The second-order valence-electron chi connectivity index (χ2n) is 9.50. The molecular weight excluding hydrogens is 376 g/mol. The number of alkyl halides is 2. The van der Waals surface area contributed by atoms with Gasteiger partial charge in [0, 0.05) is 56.3 Å². The Bertz CT molecular complexity index is 743. The predicted octanol–water partition coefficient (Wildman–Crippen LogP) is 4.42. The van der Waals surface area contributed by atoms with Gasteiger partial charge in [0.2, 0.25) is 5.92 Å². The summed E-state index contributed by atoms with van der Waals surface area (Å²) in [6.45, 7) is 9.88. The van der Waals surface area contributed by atoms with Crippen molar-refractivity contribution in [2.24, 2.45) is 0 Å². The molecule has 0 aromatic heterocycles. The Hall–Kier alpha value is -1.89. The summed E-state index contributed by atoms with van der Waals surface area (Å²) in [6, 6.07) is 3.43. The highest BCUT2D eigenvalue weighted by Gasteiger charge is 2.36. The van der Waals surface area contributed by atoms with E-state index in [-0.39, 0.29) is 29.9 Å². The number of benzene rings is 1. The van der Waals surface area contributed by atoms with Gasteiger partial charge in [0.05, 0.1) is 11.3 Å². The normalized spacial score (nSPS) is 21.2. The van der Waals surface area contributed by atoms with Gasteiger partial charge in [0.1, 0.15) is 0 Å². The van der Waals surface area contributed by atoms with Crippen LogP contribution in [0.2, 0.25) is 0 Å². The predicted molar refractivity (Wildman–Crippen MR) is 113 cm³/mol. The summed E-state index contributed by atoms with van der Waals surface area (Å²) >= 11 is 0. The number of nitrogens with zero attached hydrogens (tertiary/aromatic N) is 2. The summed E-state index contributed by atoms with van der Waals surface area (Å²) < 4.78 is 27.2. The molecule has 2 aliphatic rings. The molecule has 7 heteroatoms. The first-order valence-electron chi connectivity index (χ1n) is 10.5. The third-order valence-corrected chi connectivity index (χ3v) is 6.07. The van der Waals surface area contributed by atoms with Crippen molar-refractivity contribution in [1.82, 2.24) is 4.90 Å². The van der Waals surface area contributed by atoms with E-state index in [1.54, 1.807) is 6.07 Å². The van der Waals surface area contributed by atoms with E-state index in [9.17, 15) is 18.7 Å². The van der Waals surface area contributed by atoms with E-state index in [0.717, 1.165) is 37.4 Å². The lowest BCUT2D eigenvalue weighted by atomic mass is 9.81. The quantitative estimate of drug-likeness (QED) is 0.771. The molecule has 0 radical (unpaired) electrons. The summed E-state index contributed by atoms with van der Waals surface area (Å²) in [5.74, 6) is -3.61. The smallest absolute Gasteiger partial charge is 0.337 e. The Kier molecular flexibility index (Phi) is 6.08. The second-order valence-corrected chi connectivity index (χ2v) is 9.50. The van der Waals surface area contributed by atoms with Gasteiger partial charge in [-0.3, -0.25) is 0 Å². The molecule has 1 saturated carbocycles. The summed E-state index contributed by atoms with van der Waals surface area (Å²) in [4.78, 5) is 16.6. The fraction of sp³-hybridized carbons (Fsp3) is 0.682. The molecular formula is C22H33F2N3O2. The van der Waals surface area contributed by atoms with E-state index in [4.69, 9.17) is 0 Å². The summed E-state index contributed by atoms with van der Waals surface area (Å²) in [7, 11) is 2.10. The van der Waals surface area contributed by atoms with Gasteiger partial charge in [-0.2, -0.15) is 0 Å². The van der Waals surface area contributed by atoms with Crippen LogP contribution in [0.15, 0.2) is 12.1 Å². The van der Waals surface area contributed by atoms with Crippen LogP contribution in [0.3, 0.4) is 0 Å². The van der Waals surface area contributed by atoms with Gasteiger partial charge in [-0.05, 0) is 37.4 Å². The van der Waals surface area contributed by atoms with Crippen LogP contribution >= 0.6 is 0 Å². The van der Waals surface area contributed by atoms with Crippen LogP contribution in [0.5, 0.6) is 0 Å². The van der Waals surface area contributed by atoms with Crippen molar-refractivity contribution in [2.45, 2.75) is 63.8 Å². The average molecular weight is 410 g/mol. The van der Waals surface area contributed by atoms with Crippen LogP contribution in [-0.4, -0.2) is 61.2 Å². The highest BCUT2D eigenvalue weighted by molar-refractivity contribution is 5.97. The van der Waals surface area contributed by atoms with E-state index in [2.05, 4.69) is 42.9 Å². The first kappa shape index (κ1) is 21.8. The van der Waals surface area contributed by atoms with Crippen molar-refractivity contribution in [1.29, 1.82) is 0 Å². The first-order valence-corrected chi connectivity index (χ1v) is 10.5. The maximum atomic E-state index is 13.6. The zero-order chi connectivity index (χ0) is 21.4. The van der Waals surface area contributed by atoms with Gasteiger partial charge >= 0.3 is 5.97 Å². The molecule has 0 spiro atoms. The Balaban J connectivity index is 2.01. The Labute approximate surface area is 172 Å². The minimum Gasteiger partial charge on any atom is -0.478 e. The van der Waals surface area contributed by atoms with Crippen LogP contribution in [0, 0.1) is 0 Å². The van der Waals surface area contributed by atoms with Crippen LogP contribution in [0.4, 0.5) is 20.2 Å². The van der Waals surface area contributed by atoms with Crippen molar-refractivity contribution >= 4 is 17.3 Å². The van der Waals surface area contributed by atoms with Crippen molar-refractivity contribution < 1.29 is 18.7 Å². The van der Waals surface area contributed by atoms with Gasteiger partial charge in [-0.15, -0.1) is 0 Å². The number of anilines is 2. The van der Waals surface area contributed by atoms with E-state index in [0.29, 0.717) is 18.5 Å². The molecule has 0 unspecified atom stereocenters. The summed E-state index contributed by atoms with van der Waals surface area (Å²) in [6.07, 6.45) is 0.370. The number of carboxylic acid groups (broad SMARTS) is 1. The van der Waals surface area contributed by atoms with E-state index in [1.807, 2.05) is 6.07 Å². The molecule has 1 aliphatic carbocycles. The van der Waals surface area contributed by atoms with E-state index >= 15 is 0 Å². The number of aromatic carboxylic acids is 1. The largest absolute Gasteiger partial charge is 0.478 e. The first-order chi connectivity index (χ1) is 13.5. The number of rotatable bonds is 4. The zero-order valence-electron chi connectivity index (χ0n) is 17.9. The monoisotopic (exact) mass is 409 g/mol. The molecule has 0 amide bonds. The summed E-state index contributed by atoms with van der Waals surface area (Å²) in [5.41, 5.74) is 2.51. The Morgan fingerprint density at radius 1 is 1.14 bits per heavy atom. The van der Waals surface area contributed by atoms with Gasteiger partial charge < -0.3 is 20.2 Å². The van der Waals surface area contributed by atoms with Crippen molar-refractivity contribution in [2.75, 3.05) is 43.4 Å². The number of hydrogen-bond acceptors (Lipinski definition) is 4. The Morgan fingerprint density at radius 3 is 2.24 bits per heavy atom. The maximum absolute atomic E-state index is 13.6. The Morgan fingerprint density at radius 2 is 1.72 bits per heavy atom. The minimum atomic E-state index is -2.61. The molecule has 1 heterocycles. The molecule has 2 fully saturated rings. The van der Waals surface area contributed by atoms with E-state index in [1.165, 1.54) is 0 Å². The van der Waals surface area contributed by atoms with Gasteiger partial charge in [0.15, 0.2) is 0 Å². The van der Waals surface area contributed by atoms with Gasteiger partial charge in [-0.25, -0.2) is 13.6 Å². The van der Waals surface area contributed by atoms with Crippen LogP contribution < -0.4 is 10.2 Å². The van der Waals surface area contributed by atoms with Gasteiger partial charge in [-0.1, -0.05) is 20.8 Å². The topological polar surface area (TPSA) is 55.8 Å². The van der Waals surface area contributed by atoms with Crippen molar-refractivity contribution in [3.05, 3.63) is 23.3 Å². The molecule has 1 saturated heterocycles. The fourth-order valence-corrected chi connectivity index (χ4v) is 4.38. The molecule has 1 aromatic rings. The third-order valence-electron chi connectivity index (χ3n) is 6.07. The molecule has 2 N–H and O–H groups in total. The molecule has 1 aromatic carbocycles. The molecule has 5 nitrogen and oxygen atoms in total. The van der Waals surface area contributed by atoms with Crippen molar-refractivity contribution in [3.63, 3.8) is 0 Å². The lowest BCUT2D eigenvalue weighted by molar-refractivity contribution is -0.0361. The van der Waals surface area contributed by atoms with Crippen LogP contribution in [-0.2, 0) is 5.41 Å². The number of carboxylic acids is 1. The zero-order valence-corrected chi connectivity index (χ0v) is 17.9. The number of carbonyl (C=O) groups is 1. The number of nitrogens with one attached hydrogen (secondary N) is 1. The number of likely N-dealkylation sites (N-methyl/N-ethyl adjacent to an activating group) is 1. The minimum absolute atomic E-state index is 0.142. The molecule has 162 valence electrons. The molecule has 0 atom stereocenters.